The Morgan fingerprint density at radius 3 is 2.75 bits per heavy atom. The molecule has 1 aromatic rings. The minimum atomic E-state index is -0.140. The van der Waals surface area contributed by atoms with E-state index in [-0.39, 0.29) is 10.7 Å². The first kappa shape index (κ1) is 17.1. The number of carbonyl (C=O) groups is 1. The van der Waals surface area contributed by atoms with Gasteiger partial charge in [0, 0.05) is 24.9 Å². The fourth-order valence-corrected chi connectivity index (χ4v) is 2.63. The Labute approximate surface area is 129 Å². The van der Waals surface area contributed by atoms with Crippen LogP contribution in [-0.2, 0) is 0 Å². The highest BCUT2D eigenvalue weighted by atomic mass is 32.2. The third kappa shape index (κ3) is 4.56. The highest BCUT2D eigenvalue weighted by molar-refractivity contribution is 7.99. The summed E-state index contributed by atoms with van der Waals surface area (Å²) in [4.78, 5) is 19.0. The molecule has 0 bridgehead atoms. The lowest BCUT2D eigenvalue weighted by Gasteiger charge is -2.21. The first-order chi connectivity index (χ1) is 9.30. The monoisotopic (exact) mass is 316 g/mol. The lowest BCUT2D eigenvalue weighted by atomic mass is 10.2. The Morgan fingerprint density at radius 2 is 2.20 bits per heavy atom. The van der Waals surface area contributed by atoms with Crippen molar-refractivity contribution in [2.45, 2.75) is 31.9 Å². The van der Waals surface area contributed by atoms with Crippen molar-refractivity contribution in [3.63, 3.8) is 0 Å². The lowest BCUT2D eigenvalue weighted by Crippen LogP contribution is -2.36. The molecule has 1 rings (SSSR count). The number of nitrogens with zero attached hydrogens (tertiary/aromatic N) is 2. The molecule has 0 aliphatic carbocycles. The summed E-state index contributed by atoms with van der Waals surface area (Å²) in [6.07, 6.45) is 3.06. The van der Waals surface area contributed by atoms with Crippen molar-refractivity contribution < 1.29 is 4.79 Å². The molecule has 5 nitrogen and oxygen atoms in total. The first-order valence-corrected chi connectivity index (χ1v) is 8.65. The fourth-order valence-electron chi connectivity index (χ4n) is 1.52. The quantitative estimate of drug-likeness (QED) is 0.808. The number of nitrogens with one attached hydrogen (secondary N) is 1. The van der Waals surface area contributed by atoms with E-state index < -0.39 is 0 Å². The molecule has 0 spiro atoms. The molecule has 0 radical (unpaired) electrons. The Hall–Kier alpha value is -0.950. The van der Waals surface area contributed by atoms with Gasteiger partial charge in [-0.3, -0.25) is 4.79 Å². The molecule has 0 aliphatic heterocycles. The summed E-state index contributed by atoms with van der Waals surface area (Å²) in [5.41, 5.74) is 5.85. The fraction of sp³-hybridized carbons (Fsp3) is 0.692. The Kier molecular flexibility index (Phi) is 6.13. The van der Waals surface area contributed by atoms with Gasteiger partial charge in [-0.05, 0) is 26.5 Å². The summed E-state index contributed by atoms with van der Waals surface area (Å²) in [5.74, 6) is 0.172. The number of hydrogen-bond donors (Lipinski definition) is 2. The SMILES string of the molecule is CCCN(C)c1nc(N)c(C(=O)NCC(C)(C)SC)s1. The molecular formula is C13H24N4OS2. The summed E-state index contributed by atoms with van der Waals surface area (Å²) < 4.78 is 0.0109. The van der Waals surface area contributed by atoms with E-state index in [2.05, 4.69) is 31.1 Å². The molecular weight excluding hydrogens is 292 g/mol. The van der Waals surface area contributed by atoms with Gasteiger partial charge in [0.15, 0.2) is 5.13 Å². The van der Waals surface area contributed by atoms with Crippen LogP contribution in [0.15, 0.2) is 0 Å². The van der Waals surface area contributed by atoms with Crippen LogP contribution >= 0.6 is 23.1 Å². The van der Waals surface area contributed by atoms with Gasteiger partial charge in [-0.15, -0.1) is 0 Å². The number of rotatable bonds is 7. The molecule has 3 N–H and O–H groups in total. The topological polar surface area (TPSA) is 71.2 Å². The van der Waals surface area contributed by atoms with Gasteiger partial charge in [0.05, 0.1) is 0 Å². The zero-order valence-corrected chi connectivity index (χ0v) is 14.5. The summed E-state index contributed by atoms with van der Waals surface area (Å²) in [5, 5.41) is 3.72. The molecule has 1 aromatic heterocycles. The van der Waals surface area contributed by atoms with E-state index in [1.165, 1.54) is 11.3 Å². The highest BCUT2D eigenvalue weighted by Crippen LogP contribution is 2.28. The second-order valence-corrected chi connectivity index (χ2v) is 7.77. The molecule has 0 aliphatic rings. The number of thioether (sulfide) groups is 1. The van der Waals surface area contributed by atoms with Gasteiger partial charge in [0.25, 0.3) is 5.91 Å². The van der Waals surface area contributed by atoms with Crippen molar-refractivity contribution in [2.24, 2.45) is 0 Å². The third-order valence-corrected chi connectivity index (χ3v) is 5.39. The zero-order valence-electron chi connectivity index (χ0n) is 12.8. The number of nitrogen functional groups attached to an aromatic ring is 1. The standard InChI is InChI=1S/C13H24N4OS2/c1-6-7-17(4)12-16-10(14)9(20-12)11(18)15-8-13(2,3)19-5/h6-8,14H2,1-5H3,(H,15,18). The Balaban J connectivity index is 2.74. The van der Waals surface area contributed by atoms with Gasteiger partial charge in [-0.25, -0.2) is 4.98 Å². The van der Waals surface area contributed by atoms with Crippen molar-refractivity contribution in [1.82, 2.24) is 10.3 Å². The summed E-state index contributed by atoms with van der Waals surface area (Å²) >= 11 is 3.06. The van der Waals surface area contributed by atoms with Crippen LogP contribution in [0.5, 0.6) is 0 Å². The van der Waals surface area contributed by atoms with Crippen LogP contribution in [0.1, 0.15) is 36.9 Å². The maximum atomic E-state index is 12.2. The average Bonchev–Trinajstić information content (AvgIpc) is 2.79. The van der Waals surface area contributed by atoms with E-state index in [9.17, 15) is 4.79 Å². The number of anilines is 2. The normalized spacial score (nSPS) is 11.4. The number of thiazole rings is 1. The third-order valence-electron chi connectivity index (χ3n) is 2.96. The molecule has 0 saturated carbocycles. The molecule has 20 heavy (non-hydrogen) atoms. The van der Waals surface area contributed by atoms with Crippen LogP contribution in [0.2, 0.25) is 0 Å². The van der Waals surface area contributed by atoms with E-state index in [0.29, 0.717) is 17.2 Å². The smallest absolute Gasteiger partial charge is 0.265 e. The minimum absolute atomic E-state index is 0.0109. The summed E-state index contributed by atoms with van der Waals surface area (Å²) in [7, 11) is 1.96. The number of nitrogens with two attached hydrogens (primary N) is 1. The van der Waals surface area contributed by atoms with Crippen LogP contribution in [0.25, 0.3) is 0 Å². The molecule has 114 valence electrons. The van der Waals surface area contributed by atoms with Crippen molar-refractivity contribution in [3.05, 3.63) is 4.88 Å². The summed E-state index contributed by atoms with van der Waals surface area (Å²) in [6.45, 7) is 7.78. The summed E-state index contributed by atoms with van der Waals surface area (Å²) in [6, 6.07) is 0. The van der Waals surface area contributed by atoms with Gasteiger partial charge >= 0.3 is 0 Å². The molecule has 0 unspecified atom stereocenters. The molecule has 7 heteroatoms. The number of aromatic nitrogens is 1. The zero-order chi connectivity index (χ0) is 15.3. The van der Waals surface area contributed by atoms with E-state index >= 15 is 0 Å². The van der Waals surface area contributed by atoms with E-state index in [0.717, 1.165) is 18.1 Å². The molecule has 0 aromatic carbocycles. The average molecular weight is 316 g/mol. The van der Waals surface area contributed by atoms with Crippen LogP contribution in [-0.4, -0.2) is 42.0 Å². The Bertz CT molecular complexity index is 459. The molecule has 1 amide bonds. The second-order valence-electron chi connectivity index (χ2n) is 5.28. The largest absolute Gasteiger partial charge is 0.382 e. The molecule has 0 fully saturated rings. The maximum absolute atomic E-state index is 12.2. The maximum Gasteiger partial charge on any atom is 0.265 e. The van der Waals surface area contributed by atoms with Crippen LogP contribution in [0.3, 0.4) is 0 Å². The highest BCUT2D eigenvalue weighted by Gasteiger charge is 2.21. The second kappa shape index (κ2) is 7.17. The van der Waals surface area contributed by atoms with Crippen LogP contribution in [0.4, 0.5) is 10.9 Å². The van der Waals surface area contributed by atoms with E-state index in [4.69, 9.17) is 5.73 Å². The minimum Gasteiger partial charge on any atom is -0.382 e. The number of amides is 1. The van der Waals surface area contributed by atoms with Gasteiger partial charge in [0.1, 0.15) is 10.7 Å². The Morgan fingerprint density at radius 1 is 1.55 bits per heavy atom. The number of carbonyl (C=O) groups excluding carboxylic acids is 1. The molecule has 0 saturated heterocycles. The van der Waals surface area contributed by atoms with Crippen LogP contribution in [0, 0.1) is 0 Å². The van der Waals surface area contributed by atoms with Crippen LogP contribution < -0.4 is 16.0 Å². The number of hydrogen-bond acceptors (Lipinski definition) is 6. The van der Waals surface area contributed by atoms with Gasteiger partial charge in [0.2, 0.25) is 0 Å². The van der Waals surface area contributed by atoms with E-state index in [1.54, 1.807) is 11.8 Å². The van der Waals surface area contributed by atoms with Gasteiger partial charge < -0.3 is 16.0 Å². The van der Waals surface area contributed by atoms with Gasteiger partial charge in [-0.1, -0.05) is 18.3 Å². The molecule has 1 heterocycles. The van der Waals surface area contributed by atoms with Crippen molar-refractivity contribution in [3.8, 4) is 0 Å². The van der Waals surface area contributed by atoms with Crippen molar-refractivity contribution in [2.75, 3.05) is 37.0 Å². The lowest BCUT2D eigenvalue weighted by molar-refractivity contribution is 0.0955. The van der Waals surface area contributed by atoms with Crippen molar-refractivity contribution in [1.29, 1.82) is 0 Å². The van der Waals surface area contributed by atoms with Crippen molar-refractivity contribution >= 4 is 40.0 Å². The van der Waals surface area contributed by atoms with Gasteiger partial charge in [-0.2, -0.15) is 11.8 Å². The molecule has 0 atom stereocenters. The first-order valence-electron chi connectivity index (χ1n) is 6.61. The predicted molar refractivity (Wildman–Crippen MR) is 90.0 cm³/mol. The van der Waals surface area contributed by atoms with E-state index in [1.807, 2.05) is 18.2 Å². The predicted octanol–water partition coefficient (Wildman–Crippen LogP) is 2.44.